The molecule has 1 atom stereocenters. The zero-order valence-electron chi connectivity index (χ0n) is 9.65. The van der Waals surface area contributed by atoms with Gasteiger partial charge in [-0.05, 0) is 5.56 Å². The van der Waals surface area contributed by atoms with Crippen LogP contribution in [0.1, 0.15) is 17.4 Å². The molecule has 0 aliphatic heterocycles. The Balaban J connectivity index is 2.14. The maximum atomic E-state index is 9.84. The number of aliphatic hydroxyl groups is 1. The number of aromatic nitrogens is 3. The Hall–Kier alpha value is -1.72. The second kappa shape index (κ2) is 5.56. The van der Waals surface area contributed by atoms with Gasteiger partial charge >= 0.3 is 0 Å². The highest BCUT2D eigenvalue weighted by atomic mass is 16.5. The van der Waals surface area contributed by atoms with Gasteiger partial charge in [0.25, 0.3) is 0 Å². The van der Waals surface area contributed by atoms with E-state index in [2.05, 4.69) is 10.3 Å². The molecular weight excluding hydrogens is 218 g/mol. The summed E-state index contributed by atoms with van der Waals surface area (Å²) in [6, 6.07) is 9.92. The van der Waals surface area contributed by atoms with Crippen LogP contribution in [0.25, 0.3) is 0 Å². The number of ether oxygens (including phenoxy) is 1. The standard InChI is InChI=1S/C12H15N3O2/c1-17-9-12(16)11-7-13-14-15(11)8-10-5-3-2-4-6-10/h2-7,12,16H,8-9H2,1H3/t12-/m1/s1. The fraction of sp³-hybridized carbons (Fsp3) is 0.333. The summed E-state index contributed by atoms with van der Waals surface area (Å²) in [6.07, 6.45) is 0.866. The SMILES string of the molecule is COC[C@@H](O)c1cnnn1Cc1ccccc1. The summed E-state index contributed by atoms with van der Waals surface area (Å²) in [5, 5.41) is 17.6. The Morgan fingerprint density at radius 3 is 2.82 bits per heavy atom. The zero-order chi connectivity index (χ0) is 12.1. The molecule has 0 aliphatic carbocycles. The molecule has 2 rings (SSSR count). The predicted molar refractivity (Wildman–Crippen MR) is 62.4 cm³/mol. The normalized spacial score (nSPS) is 12.6. The number of hydrogen-bond donors (Lipinski definition) is 1. The first-order chi connectivity index (χ1) is 8.31. The number of rotatable bonds is 5. The Bertz CT molecular complexity index is 456. The van der Waals surface area contributed by atoms with Crippen LogP contribution >= 0.6 is 0 Å². The van der Waals surface area contributed by atoms with Gasteiger partial charge in [-0.15, -0.1) is 5.10 Å². The minimum Gasteiger partial charge on any atom is -0.384 e. The maximum Gasteiger partial charge on any atom is 0.120 e. The van der Waals surface area contributed by atoms with Crippen LogP contribution in [0.2, 0.25) is 0 Å². The van der Waals surface area contributed by atoms with E-state index in [1.807, 2.05) is 30.3 Å². The summed E-state index contributed by atoms with van der Waals surface area (Å²) < 4.78 is 6.59. The molecule has 17 heavy (non-hydrogen) atoms. The van der Waals surface area contributed by atoms with Crippen molar-refractivity contribution in [3.05, 3.63) is 47.8 Å². The van der Waals surface area contributed by atoms with Crippen molar-refractivity contribution in [2.45, 2.75) is 12.6 Å². The van der Waals surface area contributed by atoms with Gasteiger partial charge in [0.05, 0.1) is 25.0 Å². The van der Waals surface area contributed by atoms with Crippen molar-refractivity contribution in [3.8, 4) is 0 Å². The van der Waals surface area contributed by atoms with Crippen molar-refractivity contribution in [2.75, 3.05) is 13.7 Å². The van der Waals surface area contributed by atoms with E-state index in [0.29, 0.717) is 12.2 Å². The van der Waals surface area contributed by atoms with E-state index in [0.717, 1.165) is 5.56 Å². The molecule has 0 bridgehead atoms. The van der Waals surface area contributed by atoms with Crippen LogP contribution in [0, 0.1) is 0 Å². The third-order valence-corrected chi connectivity index (χ3v) is 2.49. The fourth-order valence-corrected chi connectivity index (χ4v) is 1.65. The fourth-order valence-electron chi connectivity index (χ4n) is 1.65. The lowest BCUT2D eigenvalue weighted by molar-refractivity contribution is 0.0588. The second-order valence-electron chi connectivity index (χ2n) is 3.77. The molecule has 0 radical (unpaired) electrons. The van der Waals surface area contributed by atoms with E-state index < -0.39 is 6.10 Å². The molecule has 1 aromatic carbocycles. The lowest BCUT2D eigenvalue weighted by atomic mass is 10.2. The van der Waals surface area contributed by atoms with E-state index in [4.69, 9.17) is 4.74 Å². The summed E-state index contributed by atoms with van der Waals surface area (Å²) in [5.41, 5.74) is 1.78. The highest BCUT2D eigenvalue weighted by Crippen LogP contribution is 2.12. The third kappa shape index (κ3) is 2.89. The van der Waals surface area contributed by atoms with E-state index in [-0.39, 0.29) is 6.61 Å². The van der Waals surface area contributed by atoms with Gasteiger partial charge in [-0.1, -0.05) is 35.5 Å². The van der Waals surface area contributed by atoms with Crippen LogP contribution in [0.5, 0.6) is 0 Å². The first-order valence-electron chi connectivity index (χ1n) is 5.40. The Kier molecular flexibility index (Phi) is 3.85. The minimum absolute atomic E-state index is 0.238. The Morgan fingerprint density at radius 1 is 1.35 bits per heavy atom. The van der Waals surface area contributed by atoms with E-state index in [1.54, 1.807) is 18.0 Å². The number of aliphatic hydroxyl groups excluding tert-OH is 1. The molecule has 0 spiro atoms. The van der Waals surface area contributed by atoms with Crippen LogP contribution in [0.15, 0.2) is 36.5 Å². The van der Waals surface area contributed by atoms with Crippen molar-refractivity contribution >= 4 is 0 Å². The molecule has 5 heteroatoms. The van der Waals surface area contributed by atoms with Gasteiger partial charge in [0, 0.05) is 7.11 Å². The molecule has 0 fully saturated rings. The molecule has 0 aliphatic rings. The number of nitrogens with zero attached hydrogens (tertiary/aromatic N) is 3. The number of benzene rings is 1. The molecule has 0 saturated heterocycles. The molecule has 0 unspecified atom stereocenters. The van der Waals surface area contributed by atoms with Crippen LogP contribution in [0.3, 0.4) is 0 Å². The summed E-state index contributed by atoms with van der Waals surface area (Å²) in [7, 11) is 1.55. The molecule has 5 nitrogen and oxygen atoms in total. The number of methoxy groups -OCH3 is 1. The molecule has 1 heterocycles. The van der Waals surface area contributed by atoms with Crippen LogP contribution in [-0.4, -0.2) is 33.8 Å². The van der Waals surface area contributed by atoms with Crippen molar-refractivity contribution in [3.63, 3.8) is 0 Å². The number of hydrogen-bond acceptors (Lipinski definition) is 4. The summed E-state index contributed by atoms with van der Waals surface area (Å²) >= 11 is 0. The van der Waals surface area contributed by atoms with Gasteiger partial charge in [0.2, 0.25) is 0 Å². The Morgan fingerprint density at radius 2 is 2.12 bits per heavy atom. The van der Waals surface area contributed by atoms with Crippen LogP contribution in [-0.2, 0) is 11.3 Å². The smallest absolute Gasteiger partial charge is 0.120 e. The second-order valence-corrected chi connectivity index (χ2v) is 3.77. The lowest BCUT2D eigenvalue weighted by Gasteiger charge is -2.11. The average Bonchev–Trinajstić information content (AvgIpc) is 2.79. The zero-order valence-corrected chi connectivity index (χ0v) is 9.65. The molecular formula is C12H15N3O2. The van der Waals surface area contributed by atoms with Gasteiger partial charge in [-0.2, -0.15) is 0 Å². The van der Waals surface area contributed by atoms with Gasteiger partial charge in [-0.3, -0.25) is 0 Å². The molecule has 1 aromatic heterocycles. The Labute approximate surface area is 99.7 Å². The van der Waals surface area contributed by atoms with E-state index in [1.165, 1.54) is 0 Å². The predicted octanol–water partition coefficient (Wildman–Crippen LogP) is 1.01. The first kappa shape index (κ1) is 11.8. The van der Waals surface area contributed by atoms with Crippen LogP contribution in [0.4, 0.5) is 0 Å². The minimum atomic E-state index is -0.696. The monoisotopic (exact) mass is 233 g/mol. The van der Waals surface area contributed by atoms with Gasteiger partial charge in [0.1, 0.15) is 6.10 Å². The van der Waals surface area contributed by atoms with Crippen molar-refractivity contribution in [1.82, 2.24) is 15.0 Å². The molecule has 0 amide bonds. The van der Waals surface area contributed by atoms with E-state index >= 15 is 0 Å². The van der Waals surface area contributed by atoms with Gasteiger partial charge < -0.3 is 9.84 Å². The van der Waals surface area contributed by atoms with Gasteiger partial charge in [0.15, 0.2) is 0 Å². The van der Waals surface area contributed by atoms with Crippen molar-refractivity contribution in [2.24, 2.45) is 0 Å². The van der Waals surface area contributed by atoms with Crippen LogP contribution < -0.4 is 0 Å². The molecule has 1 N–H and O–H groups in total. The molecule has 2 aromatic rings. The topological polar surface area (TPSA) is 60.2 Å². The maximum absolute atomic E-state index is 9.84. The quantitative estimate of drug-likeness (QED) is 0.837. The van der Waals surface area contributed by atoms with Crippen molar-refractivity contribution < 1.29 is 9.84 Å². The summed E-state index contributed by atoms with van der Waals surface area (Å²) in [5.74, 6) is 0. The van der Waals surface area contributed by atoms with E-state index in [9.17, 15) is 5.11 Å². The van der Waals surface area contributed by atoms with Crippen molar-refractivity contribution in [1.29, 1.82) is 0 Å². The van der Waals surface area contributed by atoms with Gasteiger partial charge in [-0.25, -0.2) is 4.68 Å². The summed E-state index contributed by atoms with van der Waals surface area (Å²) in [4.78, 5) is 0. The third-order valence-electron chi connectivity index (χ3n) is 2.49. The summed E-state index contributed by atoms with van der Waals surface area (Å²) in [6.45, 7) is 0.832. The first-order valence-corrected chi connectivity index (χ1v) is 5.40. The highest BCUT2D eigenvalue weighted by molar-refractivity contribution is 5.15. The highest BCUT2D eigenvalue weighted by Gasteiger charge is 2.13. The molecule has 0 saturated carbocycles. The molecule has 90 valence electrons. The lowest BCUT2D eigenvalue weighted by Crippen LogP contribution is -2.13. The average molecular weight is 233 g/mol. The largest absolute Gasteiger partial charge is 0.384 e.